The summed E-state index contributed by atoms with van der Waals surface area (Å²) in [5.41, 5.74) is 1.68. The van der Waals surface area contributed by atoms with Gasteiger partial charge in [0.1, 0.15) is 6.33 Å². The lowest BCUT2D eigenvalue weighted by molar-refractivity contribution is -0.114. The largest absolute Gasteiger partial charge is 0.377 e. The van der Waals surface area contributed by atoms with E-state index < -0.39 is 0 Å². The SMILES string of the molecule is CC(=O)Nc1cccc(-n2cnnc2SCC2CCCCO2)c1. The number of hydrogen-bond donors (Lipinski definition) is 1. The minimum Gasteiger partial charge on any atom is -0.377 e. The molecule has 122 valence electrons. The fourth-order valence-corrected chi connectivity index (χ4v) is 3.54. The Kier molecular flexibility index (Phi) is 5.30. The summed E-state index contributed by atoms with van der Waals surface area (Å²) in [6, 6.07) is 7.64. The predicted octanol–water partition coefficient (Wildman–Crippen LogP) is 2.89. The molecule has 1 atom stereocenters. The number of nitrogens with zero attached hydrogens (tertiary/aromatic N) is 3. The minimum absolute atomic E-state index is 0.0880. The molecule has 7 heteroatoms. The van der Waals surface area contributed by atoms with Crippen LogP contribution in [0.25, 0.3) is 5.69 Å². The molecule has 0 spiro atoms. The van der Waals surface area contributed by atoms with Gasteiger partial charge in [0.2, 0.25) is 5.91 Å². The van der Waals surface area contributed by atoms with Gasteiger partial charge in [0.25, 0.3) is 0 Å². The molecule has 3 rings (SSSR count). The van der Waals surface area contributed by atoms with Crippen molar-refractivity contribution in [2.75, 3.05) is 17.7 Å². The Hall–Kier alpha value is -1.86. The van der Waals surface area contributed by atoms with Crippen molar-refractivity contribution in [2.24, 2.45) is 0 Å². The van der Waals surface area contributed by atoms with Crippen LogP contribution in [0, 0.1) is 0 Å². The standard InChI is InChI=1S/C16H20N4O2S/c1-12(21)18-13-5-4-6-14(9-13)20-11-17-19-16(20)23-10-15-7-2-3-8-22-15/h4-6,9,11,15H,2-3,7-8,10H2,1H3,(H,18,21). The summed E-state index contributed by atoms with van der Waals surface area (Å²) < 4.78 is 7.69. The normalized spacial score (nSPS) is 17.9. The van der Waals surface area contributed by atoms with Gasteiger partial charge in [-0.25, -0.2) is 0 Å². The van der Waals surface area contributed by atoms with E-state index in [-0.39, 0.29) is 5.91 Å². The summed E-state index contributed by atoms with van der Waals surface area (Å²) in [6.07, 6.45) is 5.49. The molecule has 1 aliphatic rings. The van der Waals surface area contributed by atoms with Gasteiger partial charge >= 0.3 is 0 Å². The molecule has 1 aromatic carbocycles. The van der Waals surface area contributed by atoms with Crippen LogP contribution in [-0.2, 0) is 9.53 Å². The van der Waals surface area contributed by atoms with Gasteiger partial charge < -0.3 is 10.1 Å². The third-order valence-electron chi connectivity index (χ3n) is 3.63. The molecule has 1 saturated heterocycles. The smallest absolute Gasteiger partial charge is 0.221 e. The number of carbonyl (C=O) groups excluding carboxylic acids is 1. The number of benzene rings is 1. The van der Waals surface area contributed by atoms with Gasteiger partial charge in [-0.05, 0) is 37.5 Å². The molecule has 1 aromatic heterocycles. The number of anilines is 1. The summed E-state index contributed by atoms with van der Waals surface area (Å²) in [5, 5.41) is 11.8. The minimum atomic E-state index is -0.0880. The van der Waals surface area contributed by atoms with Crippen LogP contribution in [0.15, 0.2) is 35.7 Å². The summed E-state index contributed by atoms with van der Waals surface area (Å²) in [7, 11) is 0. The maximum atomic E-state index is 11.2. The van der Waals surface area contributed by atoms with E-state index in [9.17, 15) is 4.79 Å². The highest BCUT2D eigenvalue weighted by Crippen LogP contribution is 2.25. The number of hydrogen-bond acceptors (Lipinski definition) is 5. The first-order chi connectivity index (χ1) is 11.2. The Morgan fingerprint density at radius 3 is 3.17 bits per heavy atom. The first kappa shape index (κ1) is 16.0. The van der Waals surface area contributed by atoms with Crippen molar-refractivity contribution in [2.45, 2.75) is 37.4 Å². The van der Waals surface area contributed by atoms with Crippen LogP contribution in [0.2, 0.25) is 0 Å². The molecule has 0 aliphatic carbocycles. The van der Waals surface area contributed by atoms with Gasteiger partial charge in [-0.3, -0.25) is 9.36 Å². The molecule has 0 radical (unpaired) electrons. The number of nitrogens with one attached hydrogen (secondary N) is 1. The summed E-state index contributed by atoms with van der Waals surface area (Å²) in [6.45, 7) is 2.35. The third kappa shape index (κ3) is 4.33. The zero-order chi connectivity index (χ0) is 16.1. The molecule has 0 bridgehead atoms. The second-order valence-corrected chi connectivity index (χ2v) is 6.50. The Morgan fingerprint density at radius 1 is 1.48 bits per heavy atom. The van der Waals surface area contributed by atoms with Crippen molar-refractivity contribution < 1.29 is 9.53 Å². The highest BCUT2D eigenvalue weighted by Gasteiger charge is 2.16. The predicted molar refractivity (Wildman–Crippen MR) is 90.0 cm³/mol. The topological polar surface area (TPSA) is 69.0 Å². The lowest BCUT2D eigenvalue weighted by atomic mass is 10.1. The van der Waals surface area contributed by atoms with Crippen molar-refractivity contribution in [3.8, 4) is 5.69 Å². The van der Waals surface area contributed by atoms with Crippen molar-refractivity contribution >= 4 is 23.4 Å². The van der Waals surface area contributed by atoms with Crippen LogP contribution in [-0.4, -0.2) is 39.1 Å². The molecule has 1 fully saturated rings. The average molecular weight is 332 g/mol. The molecule has 0 saturated carbocycles. The number of aromatic nitrogens is 3. The van der Waals surface area contributed by atoms with Crippen LogP contribution < -0.4 is 5.32 Å². The van der Waals surface area contributed by atoms with Crippen LogP contribution in [0.3, 0.4) is 0 Å². The molecule has 2 aromatic rings. The molecule has 1 aliphatic heterocycles. The van der Waals surface area contributed by atoms with Gasteiger partial charge in [0, 0.05) is 25.0 Å². The average Bonchev–Trinajstić information content (AvgIpc) is 3.02. The van der Waals surface area contributed by atoms with E-state index in [4.69, 9.17) is 4.74 Å². The Labute approximate surface area is 139 Å². The second kappa shape index (κ2) is 7.61. The molecular formula is C16H20N4O2S. The third-order valence-corrected chi connectivity index (χ3v) is 4.71. The molecule has 1 unspecified atom stereocenters. The second-order valence-electron chi connectivity index (χ2n) is 5.51. The maximum Gasteiger partial charge on any atom is 0.221 e. The molecule has 1 amide bonds. The highest BCUT2D eigenvalue weighted by atomic mass is 32.2. The molecular weight excluding hydrogens is 312 g/mol. The van der Waals surface area contributed by atoms with E-state index in [0.717, 1.165) is 41.7 Å². The quantitative estimate of drug-likeness (QED) is 0.853. The number of thioether (sulfide) groups is 1. The molecule has 2 heterocycles. The van der Waals surface area contributed by atoms with E-state index >= 15 is 0 Å². The number of ether oxygens (including phenoxy) is 1. The van der Waals surface area contributed by atoms with Gasteiger partial charge in [0.15, 0.2) is 5.16 Å². The van der Waals surface area contributed by atoms with E-state index in [1.54, 1.807) is 18.1 Å². The summed E-state index contributed by atoms with van der Waals surface area (Å²) in [4.78, 5) is 11.2. The fraction of sp³-hybridized carbons (Fsp3) is 0.438. The van der Waals surface area contributed by atoms with E-state index in [1.165, 1.54) is 13.3 Å². The Balaban J connectivity index is 1.71. The van der Waals surface area contributed by atoms with Crippen LogP contribution in [0.5, 0.6) is 0 Å². The number of rotatable bonds is 5. The number of carbonyl (C=O) groups is 1. The van der Waals surface area contributed by atoms with E-state index in [0.29, 0.717) is 6.10 Å². The molecule has 23 heavy (non-hydrogen) atoms. The molecule has 1 N–H and O–H groups in total. The van der Waals surface area contributed by atoms with Crippen molar-refractivity contribution in [3.05, 3.63) is 30.6 Å². The van der Waals surface area contributed by atoms with Crippen LogP contribution in [0.4, 0.5) is 5.69 Å². The zero-order valence-electron chi connectivity index (χ0n) is 13.1. The first-order valence-corrected chi connectivity index (χ1v) is 8.73. The zero-order valence-corrected chi connectivity index (χ0v) is 13.9. The lowest BCUT2D eigenvalue weighted by Gasteiger charge is -2.21. The lowest BCUT2D eigenvalue weighted by Crippen LogP contribution is -2.21. The van der Waals surface area contributed by atoms with Crippen molar-refractivity contribution in [3.63, 3.8) is 0 Å². The van der Waals surface area contributed by atoms with Gasteiger partial charge in [-0.2, -0.15) is 0 Å². The Bertz CT molecular complexity index is 668. The van der Waals surface area contributed by atoms with Gasteiger partial charge in [-0.1, -0.05) is 17.8 Å². The van der Waals surface area contributed by atoms with Crippen LogP contribution >= 0.6 is 11.8 Å². The monoisotopic (exact) mass is 332 g/mol. The van der Waals surface area contributed by atoms with E-state index in [2.05, 4.69) is 15.5 Å². The highest BCUT2D eigenvalue weighted by molar-refractivity contribution is 7.99. The Morgan fingerprint density at radius 2 is 2.39 bits per heavy atom. The molecule has 6 nitrogen and oxygen atoms in total. The van der Waals surface area contributed by atoms with E-state index in [1.807, 2.05) is 28.8 Å². The first-order valence-electron chi connectivity index (χ1n) is 7.75. The maximum absolute atomic E-state index is 11.2. The van der Waals surface area contributed by atoms with Gasteiger partial charge in [-0.15, -0.1) is 10.2 Å². The van der Waals surface area contributed by atoms with Crippen LogP contribution in [0.1, 0.15) is 26.2 Å². The summed E-state index contributed by atoms with van der Waals surface area (Å²) >= 11 is 1.65. The summed E-state index contributed by atoms with van der Waals surface area (Å²) in [5.74, 6) is 0.791. The van der Waals surface area contributed by atoms with Crippen molar-refractivity contribution in [1.82, 2.24) is 14.8 Å². The fourth-order valence-electron chi connectivity index (χ4n) is 2.54. The van der Waals surface area contributed by atoms with Gasteiger partial charge in [0.05, 0.1) is 11.8 Å². The van der Waals surface area contributed by atoms with Crippen molar-refractivity contribution in [1.29, 1.82) is 0 Å². The number of amides is 1.